The van der Waals surface area contributed by atoms with Crippen molar-refractivity contribution in [3.63, 3.8) is 0 Å². The molecule has 0 aliphatic heterocycles. The Kier molecular flexibility index (Phi) is 6.50. The Morgan fingerprint density at radius 2 is 1.69 bits per heavy atom. The standard InChI is InChI=1S/C26H19F5N2O2/c1-16(34)20-4-2-3-5-21(20)18-9-12-22-23(14-18)33-24(32-22)13-8-17-6-10-19(11-7-17)35-15-25(27,28)26(29,30)31/h2-7,9-12,14,16,34H,15H2,1H3,(H,32,33). The van der Waals surface area contributed by atoms with Crippen molar-refractivity contribution in [2.45, 2.75) is 25.1 Å². The van der Waals surface area contributed by atoms with E-state index in [9.17, 15) is 27.1 Å². The maximum atomic E-state index is 13.0. The number of aromatic amines is 1. The monoisotopic (exact) mass is 486 g/mol. The first-order valence-corrected chi connectivity index (χ1v) is 10.5. The predicted molar refractivity (Wildman–Crippen MR) is 121 cm³/mol. The lowest BCUT2D eigenvalue weighted by Crippen LogP contribution is -2.41. The van der Waals surface area contributed by atoms with Gasteiger partial charge in [-0.3, -0.25) is 0 Å². The van der Waals surface area contributed by atoms with Gasteiger partial charge in [-0.05, 0) is 65.9 Å². The minimum atomic E-state index is -5.67. The second-order valence-corrected chi connectivity index (χ2v) is 7.85. The quantitative estimate of drug-likeness (QED) is 0.259. The molecule has 0 amide bonds. The number of hydrogen-bond acceptors (Lipinski definition) is 3. The molecule has 0 aliphatic rings. The summed E-state index contributed by atoms with van der Waals surface area (Å²) in [6.07, 6.45) is -6.30. The molecule has 3 aromatic carbocycles. The highest BCUT2D eigenvalue weighted by Crippen LogP contribution is 2.35. The molecule has 9 heteroatoms. The molecule has 0 aliphatic carbocycles. The van der Waals surface area contributed by atoms with Crippen molar-refractivity contribution in [1.82, 2.24) is 9.97 Å². The van der Waals surface area contributed by atoms with E-state index in [4.69, 9.17) is 0 Å². The van der Waals surface area contributed by atoms with Gasteiger partial charge in [-0.2, -0.15) is 22.0 Å². The SMILES string of the molecule is CC(O)c1ccccc1-c1ccc2nc(C#Cc3ccc(OCC(F)(F)C(F)(F)F)cc3)[nH]c2c1. The van der Waals surface area contributed by atoms with Crippen LogP contribution in [0.25, 0.3) is 22.2 Å². The molecule has 1 aromatic heterocycles. The number of H-pyrrole nitrogens is 1. The van der Waals surface area contributed by atoms with Crippen molar-refractivity contribution in [2.75, 3.05) is 6.61 Å². The van der Waals surface area contributed by atoms with Crippen molar-refractivity contribution in [3.8, 4) is 28.7 Å². The second-order valence-electron chi connectivity index (χ2n) is 7.85. The average molecular weight is 486 g/mol. The average Bonchev–Trinajstić information content (AvgIpc) is 3.23. The molecule has 35 heavy (non-hydrogen) atoms. The normalized spacial score (nSPS) is 12.8. The molecule has 0 radical (unpaired) electrons. The van der Waals surface area contributed by atoms with Crippen LogP contribution in [0.1, 0.15) is 30.0 Å². The number of benzene rings is 3. The molecule has 0 spiro atoms. The zero-order valence-corrected chi connectivity index (χ0v) is 18.3. The van der Waals surface area contributed by atoms with Gasteiger partial charge in [0, 0.05) is 5.56 Å². The molecular formula is C26H19F5N2O2. The van der Waals surface area contributed by atoms with Crippen LogP contribution in [0.3, 0.4) is 0 Å². The fourth-order valence-corrected chi connectivity index (χ4v) is 3.38. The van der Waals surface area contributed by atoms with Gasteiger partial charge in [0.25, 0.3) is 0 Å². The van der Waals surface area contributed by atoms with E-state index in [1.54, 1.807) is 6.92 Å². The molecule has 4 rings (SSSR count). The maximum Gasteiger partial charge on any atom is 0.456 e. The van der Waals surface area contributed by atoms with E-state index in [1.165, 1.54) is 24.3 Å². The molecule has 1 heterocycles. The van der Waals surface area contributed by atoms with Crippen molar-refractivity contribution < 1.29 is 31.8 Å². The molecule has 1 atom stereocenters. The first-order chi connectivity index (χ1) is 16.5. The first kappa shape index (κ1) is 24.2. The van der Waals surface area contributed by atoms with E-state index in [0.29, 0.717) is 16.9 Å². The Labute approximate surface area is 197 Å². The third kappa shape index (κ3) is 5.44. The number of halogens is 5. The Hall–Kier alpha value is -3.90. The van der Waals surface area contributed by atoms with Crippen molar-refractivity contribution in [3.05, 3.63) is 83.7 Å². The van der Waals surface area contributed by atoms with E-state index < -0.39 is 24.8 Å². The molecule has 4 nitrogen and oxygen atoms in total. The summed E-state index contributed by atoms with van der Waals surface area (Å²) in [6, 6.07) is 18.6. The third-order valence-corrected chi connectivity index (χ3v) is 5.22. The van der Waals surface area contributed by atoms with Crippen molar-refractivity contribution >= 4 is 11.0 Å². The van der Waals surface area contributed by atoms with Gasteiger partial charge in [0.15, 0.2) is 12.4 Å². The lowest BCUT2D eigenvalue weighted by Gasteiger charge is -2.19. The van der Waals surface area contributed by atoms with Gasteiger partial charge in [-0.1, -0.05) is 36.3 Å². The molecule has 4 aromatic rings. The van der Waals surface area contributed by atoms with E-state index in [2.05, 4.69) is 26.5 Å². The van der Waals surface area contributed by atoms with Crippen LogP contribution in [0.2, 0.25) is 0 Å². The van der Waals surface area contributed by atoms with Crippen LogP contribution in [0, 0.1) is 11.8 Å². The predicted octanol–water partition coefficient (Wildman–Crippen LogP) is 6.26. The number of fused-ring (bicyclic) bond motifs is 1. The topological polar surface area (TPSA) is 58.1 Å². The number of imidazole rings is 1. The summed E-state index contributed by atoms with van der Waals surface area (Å²) in [5.74, 6) is 1.05. The maximum absolute atomic E-state index is 13.0. The largest absolute Gasteiger partial charge is 0.487 e. The van der Waals surface area contributed by atoms with Crippen LogP contribution >= 0.6 is 0 Å². The van der Waals surface area contributed by atoms with Crippen molar-refractivity contribution in [1.29, 1.82) is 0 Å². The molecule has 180 valence electrons. The van der Waals surface area contributed by atoms with Crippen molar-refractivity contribution in [2.24, 2.45) is 0 Å². The summed E-state index contributed by atoms with van der Waals surface area (Å²) in [5.41, 5.74) is 4.56. The van der Waals surface area contributed by atoms with Crippen LogP contribution in [-0.4, -0.2) is 33.8 Å². The Morgan fingerprint density at radius 3 is 2.37 bits per heavy atom. The van der Waals surface area contributed by atoms with E-state index in [1.807, 2.05) is 42.5 Å². The number of hydrogen-bond donors (Lipinski definition) is 2. The molecule has 0 saturated carbocycles. The van der Waals surface area contributed by atoms with Crippen LogP contribution in [0.4, 0.5) is 22.0 Å². The summed E-state index contributed by atoms with van der Waals surface area (Å²) < 4.78 is 67.2. The Bertz CT molecular complexity index is 1400. The minimum Gasteiger partial charge on any atom is -0.487 e. The van der Waals surface area contributed by atoms with Gasteiger partial charge < -0.3 is 14.8 Å². The zero-order valence-electron chi connectivity index (χ0n) is 18.3. The number of rotatable bonds is 5. The van der Waals surface area contributed by atoms with Gasteiger partial charge >= 0.3 is 12.1 Å². The molecule has 0 saturated heterocycles. The van der Waals surface area contributed by atoms with Gasteiger partial charge in [-0.15, -0.1) is 0 Å². The summed E-state index contributed by atoms with van der Waals surface area (Å²) in [6.45, 7) is -0.0953. The van der Waals surface area contributed by atoms with Gasteiger partial charge in [-0.25, -0.2) is 4.98 Å². The van der Waals surface area contributed by atoms with E-state index >= 15 is 0 Å². The highest BCUT2D eigenvalue weighted by atomic mass is 19.4. The number of ether oxygens (including phenoxy) is 1. The Morgan fingerprint density at radius 1 is 0.971 bits per heavy atom. The van der Waals surface area contributed by atoms with Crippen LogP contribution in [-0.2, 0) is 0 Å². The number of aliphatic hydroxyl groups excluding tert-OH is 1. The highest BCUT2D eigenvalue weighted by Gasteiger charge is 2.58. The Balaban J connectivity index is 1.50. The van der Waals surface area contributed by atoms with E-state index in [-0.39, 0.29) is 5.75 Å². The molecular weight excluding hydrogens is 467 g/mol. The number of aliphatic hydroxyl groups is 1. The summed E-state index contributed by atoms with van der Waals surface area (Å²) in [4.78, 5) is 7.55. The molecule has 0 fully saturated rings. The highest BCUT2D eigenvalue weighted by molar-refractivity contribution is 5.83. The number of nitrogens with one attached hydrogen (secondary N) is 1. The molecule has 2 N–H and O–H groups in total. The molecule has 1 unspecified atom stereocenters. The number of aromatic nitrogens is 2. The second kappa shape index (κ2) is 9.39. The fourth-order valence-electron chi connectivity index (χ4n) is 3.38. The van der Waals surface area contributed by atoms with Gasteiger partial charge in [0.05, 0.1) is 17.1 Å². The first-order valence-electron chi connectivity index (χ1n) is 10.5. The number of nitrogens with zero attached hydrogens (tertiary/aromatic N) is 1. The smallest absolute Gasteiger partial charge is 0.456 e. The third-order valence-electron chi connectivity index (χ3n) is 5.22. The summed E-state index contributed by atoms with van der Waals surface area (Å²) in [7, 11) is 0. The zero-order chi connectivity index (χ0) is 25.2. The van der Waals surface area contributed by atoms with E-state index in [0.717, 1.165) is 22.2 Å². The van der Waals surface area contributed by atoms with Gasteiger partial charge in [0.1, 0.15) is 5.75 Å². The van der Waals surface area contributed by atoms with Crippen LogP contribution in [0.15, 0.2) is 66.7 Å². The van der Waals surface area contributed by atoms with Gasteiger partial charge in [0.2, 0.25) is 0 Å². The van der Waals surface area contributed by atoms with Crippen LogP contribution in [0.5, 0.6) is 5.75 Å². The summed E-state index contributed by atoms with van der Waals surface area (Å²) >= 11 is 0. The lowest BCUT2D eigenvalue weighted by atomic mass is 9.96. The molecule has 0 bridgehead atoms. The minimum absolute atomic E-state index is 0.131. The number of alkyl halides is 5. The fraction of sp³-hybridized carbons (Fsp3) is 0.192. The van der Waals surface area contributed by atoms with Crippen LogP contribution < -0.4 is 4.74 Å². The lowest BCUT2D eigenvalue weighted by molar-refractivity contribution is -0.290. The summed E-state index contributed by atoms with van der Waals surface area (Å²) in [5, 5.41) is 10.1.